The Balaban J connectivity index is 2.19. The Kier molecular flexibility index (Phi) is 3.62. The summed E-state index contributed by atoms with van der Waals surface area (Å²) >= 11 is 0. The molecule has 1 amide bonds. The highest BCUT2D eigenvalue weighted by molar-refractivity contribution is 6.03. The van der Waals surface area contributed by atoms with Crippen LogP contribution in [-0.4, -0.2) is 19.5 Å². The van der Waals surface area contributed by atoms with E-state index in [-0.39, 0.29) is 5.91 Å². The molecule has 4 nitrogen and oxygen atoms in total. The number of hydrogen-bond acceptors (Lipinski definition) is 3. The summed E-state index contributed by atoms with van der Waals surface area (Å²) in [5.74, 6) is 0.0266. The molecule has 108 valence electrons. The first-order valence-corrected chi connectivity index (χ1v) is 7.14. The van der Waals surface area contributed by atoms with Crippen molar-refractivity contribution in [3.63, 3.8) is 0 Å². The molecule has 1 heterocycles. The van der Waals surface area contributed by atoms with Crippen molar-refractivity contribution in [2.75, 3.05) is 24.2 Å². The molecule has 3 rings (SSSR count). The Labute approximate surface area is 124 Å². The molecule has 0 spiro atoms. The van der Waals surface area contributed by atoms with E-state index in [2.05, 4.69) is 11.4 Å². The normalized spacial score (nSPS) is 13.3. The summed E-state index contributed by atoms with van der Waals surface area (Å²) in [6.45, 7) is 0.294. The number of nitrogens with one attached hydrogen (secondary N) is 1. The number of nitrogens with two attached hydrogens (primary N) is 1. The molecule has 21 heavy (non-hydrogen) atoms. The summed E-state index contributed by atoms with van der Waals surface area (Å²) in [5, 5.41) is 2.94. The van der Waals surface area contributed by atoms with E-state index in [1.807, 2.05) is 36.4 Å². The number of amides is 1. The minimum absolute atomic E-state index is 0.0266. The van der Waals surface area contributed by atoms with Gasteiger partial charge in [0.15, 0.2) is 0 Å². The lowest BCUT2D eigenvalue weighted by Crippen LogP contribution is -2.34. The highest BCUT2D eigenvalue weighted by Gasteiger charge is 2.25. The Morgan fingerprint density at radius 3 is 2.62 bits per heavy atom. The maximum absolute atomic E-state index is 12.6. The summed E-state index contributed by atoms with van der Waals surface area (Å²) in [6.07, 6.45) is 1.84. The number of nitrogen functional groups attached to an aromatic ring is 1. The van der Waals surface area contributed by atoms with E-state index in [9.17, 15) is 4.79 Å². The largest absolute Gasteiger partial charge is 0.399 e. The van der Waals surface area contributed by atoms with Crippen LogP contribution in [0.4, 0.5) is 17.1 Å². The number of aryl methyl sites for hydroxylation is 2. The van der Waals surface area contributed by atoms with Crippen molar-refractivity contribution < 1.29 is 4.79 Å². The van der Waals surface area contributed by atoms with Crippen LogP contribution in [0.5, 0.6) is 0 Å². The zero-order chi connectivity index (χ0) is 14.8. The van der Waals surface area contributed by atoms with E-state index < -0.39 is 0 Å². The van der Waals surface area contributed by atoms with Crippen LogP contribution in [0.15, 0.2) is 42.5 Å². The Morgan fingerprint density at radius 1 is 1.14 bits per heavy atom. The number of likely N-dealkylation sites (N-methyl/N-ethyl adjacent to an activating group) is 1. The zero-order valence-electron chi connectivity index (χ0n) is 12.1. The Bertz CT molecular complexity index is 681. The molecular weight excluding hydrogens is 262 g/mol. The van der Waals surface area contributed by atoms with Crippen LogP contribution in [0.1, 0.15) is 11.1 Å². The topological polar surface area (TPSA) is 58.4 Å². The predicted octanol–water partition coefficient (Wildman–Crippen LogP) is 2.25. The second-order valence-electron chi connectivity index (χ2n) is 5.28. The molecule has 0 atom stereocenters. The fraction of sp³-hybridized carbons (Fsp3) is 0.235. The Morgan fingerprint density at radius 2 is 1.86 bits per heavy atom. The van der Waals surface area contributed by atoms with Gasteiger partial charge in [-0.05, 0) is 49.2 Å². The molecule has 0 bridgehead atoms. The van der Waals surface area contributed by atoms with E-state index in [0.29, 0.717) is 12.2 Å². The van der Waals surface area contributed by atoms with E-state index in [4.69, 9.17) is 5.73 Å². The molecule has 0 fully saturated rings. The molecule has 0 aromatic heterocycles. The third-order valence-electron chi connectivity index (χ3n) is 3.82. The first kappa shape index (κ1) is 13.6. The highest BCUT2D eigenvalue weighted by Crippen LogP contribution is 2.37. The minimum atomic E-state index is 0.0266. The van der Waals surface area contributed by atoms with Gasteiger partial charge >= 0.3 is 0 Å². The third kappa shape index (κ3) is 2.50. The third-order valence-corrected chi connectivity index (χ3v) is 3.82. The van der Waals surface area contributed by atoms with Crippen LogP contribution < -0.4 is 16.0 Å². The number of carbonyl (C=O) groups excluding carboxylic acids is 1. The molecule has 2 aromatic carbocycles. The SMILES string of the molecule is CNCC(=O)N1c2ccccc2CCc2ccc(N)cc21. The average molecular weight is 281 g/mol. The molecule has 0 aliphatic carbocycles. The van der Waals surface area contributed by atoms with Gasteiger partial charge in [0.1, 0.15) is 0 Å². The molecule has 0 saturated heterocycles. The maximum Gasteiger partial charge on any atom is 0.245 e. The van der Waals surface area contributed by atoms with Crippen LogP contribution in [0.25, 0.3) is 0 Å². The van der Waals surface area contributed by atoms with Gasteiger partial charge in [0.2, 0.25) is 5.91 Å². The Hall–Kier alpha value is -2.33. The average Bonchev–Trinajstić information content (AvgIpc) is 2.63. The molecular formula is C17H19N3O. The quantitative estimate of drug-likeness (QED) is 0.830. The molecule has 0 radical (unpaired) electrons. The fourth-order valence-corrected chi connectivity index (χ4v) is 2.84. The van der Waals surface area contributed by atoms with Crippen LogP contribution in [0.2, 0.25) is 0 Å². The van der Waals surface area contributed by atoms with Crippen molar-refractivity contribution >= 4 is 23.0 Å². The van der Waals surface area contributed by atoms with Crippen molar-refractivity contribution in [1.82, 2.24) is 5.32 Å². The summed E-state index contributed by atoms with van der Waals surface area (Å²) in [7, 11) is 1.78. The highest BCUT2D eigenvalue weighted by atomic mass is 16.2. The van der Waals surface area contributed by atoms with Crippen molar-refractivity contribution in [3.05, 3.63) is 53.6 Å². The lowest BCUT2D eigenvalue weighted by Gasteiger charge is -2.25. The molecule has 3 N–H and O–H groups in total. The number of fused-ring (bicyclic) bond motifs is 2. The van der Waals surface area contributed by atoms with Crippen LogP contribution in [-0.2, 0) is 17.6 Å². The maximum atomic E-state index is 12.6. The first-order chi connectivity index (χ1) is 10.2. The molecule has 2 aromatic rings. The van der Waals surface area contributed by atoms with Gasteiger partial charge in [-0.15, -0.1) is 0 Å². The van der Waals surface area contributed by atoms with Crippen molar-refractivity contribution in [3.8, 4) is 0 Å². The van der Waals surface area contributed by atoms with Crippen LogP contribution in [0, 0.1) is 0 Å². The number of hydrogen-bond donors (Lipinski definition) is 2. The van der Waals surface area contributed by atoms with E-state index >= 15 is 0 Å². The van der Waals surface area contributed by atoms with E-state index in [1.54, 1.807) is 11.9 Å². The zero-order valence-corrected chi connectivity index (χ0v) is 12.1. The standard InChI is InChI=1S/C17H19N3O/c1-19-11-17(21)20-15-5-3-2-4-12(15)6-7-13-8-9-14(18)10-16(13)20/h2-5,8-10,19H,6-7,11,18H2,1H3. The van der Waals surface area contributed by atoms with Gasteiger partial charge in [0.25, 0.3) is 0 Å². The monoisotopic (exact) mass is 281 g/mol. The van der Waals surface area contributed by atoms with Crippen LogP contribution >= 0.6 is 0 Å². The molecule has 1 aliphatic heterocycles. The van der Waals surface area contributed by atoms with Crippen molar-refractivity contribution in [2.24, 2.45) is 0 Å². The number of benzene rings is 2. The van der Waals surface area contributed by atoms with Gasteiger partial charge in [-0.1, -0.05) is 24.3 Å². The lowest BCUT2D eigenvalue weighted by atomic mass is 10.0. The first-order valence-electron chi connectivity index (χ1n) is 7.14. The van der Waals surface area contributed by atoms with Gasteiger partial charge in [-0.3, -0.25) is 9.69 Å². The summed E-state index contributed by atoms with van der Waals surface area (Å²) < 4.78 is 0. The summed E-state index contributed by atoms with van der Waals surface area (Å²) in [6, 6.07) is 13.9. The lowest BCUT2D eigenvalue weighted by molar-refractivity contribution is -0.117. The predicted molar refractivity (Wildman–Crippen MR) is 85.8 cm³/mol. The fourth-order valence-electron chi connectivity index (χ4n) is 2.84. The second kappa shape index (κ2) is 5.58. The second-order valence-corrected chi connectivity index (χ2v) is 5.28. The number of rotatable bonds is 2. The van der Waals surface area contributed by atoms with Gasteiger partial charge in [-0.25, -0.2) is 0 Å². The van der Waals surface area contributed by atoms with E-state index in [0.717, 1.165) is 29.8 Å². The number of anilines is 3. The van der Waals surface area contributed by atoms with Gasteiger partial charge in [0.05, 0.1) is 17.9 Å². The minimum Gasteiger partial charge on any atom is -0.399 e. The van der Waals surface area contributed by atoms with Crippen LogP contribution in [0.3, 0.4) is 0 Å². The van der Waals surface area contributed by atoms with Gasteiger partial charge in [0, 0.05) is 5.69 Å². The van der Waals surface area contributed by atoms with Gasteiger partial charge < -0.3 is 11.1 Å². The molecule has 0 unspecified atom stereocenters. The number of carbonyl (C=O) groups is 1. The molecule has 1 aliphatic rings. The smallest absolute Gasteiger partial charge is 0.245 e. The van der Waals surface area contributed by atoms with E-state index in [1.165, 1.54) is 5.56 Å². The van der Waals surface area contributed by atoms with Crippen molar-refractivity contribution in [1.29, 1.82) is 0 Å². The van der Waals surface area contributed by atoms with Gasteiger partial charge in [-0.2, -0.15) is 0 Å². The summed E-state index contributed by atoms with van der Waals surface area (Å²) in [5.41, 5.74) is 10.8. The number of para-hydroxylation sites is 1. The number of nitrogens with zero attached hydrogens (tertiary/aromatic N) is 1. The van der Waals surface area contributed by atoms with Crippen molar-refractivity contribution in [2.45, 2.75) is 12.8 Å². The molecule has 0 saturated carbocycles. The molecule has 4 heteroatoms. The summed E-state index contributed by atoms with van der Waals surface area (Å²) in [4.78, 5) is 14.4.